The molecule has 3 nitrogen and oxygen atoms in total. The summed E-state index contributed by atoms with van der Waals surface area (Å²) < 4.78 is 4.76. The molecule has 44 valence electrons. The van der Waals surface area contributed by atoms with E-state index in [1.165, 1.54) is 6.08 Å². The van der Waals surface area contributed by atoms with E-state index in [0.717, 1.165) is 6.61 Å². The number of primary amides is 1. The lowest BCUT2D eigenvalue weighted by atomic mass is 10.4. The molecule has 0 radical (unpaired) electrons. The van der Waals surface area contributed by atoms with Gasteiger partial charge >= 0.3 is 0 Å². The van der Waals surface area contributed by atoms with E-state index in [1.54, 1.807) is 6.08 Å². The minimum absolute atomic E-state index is 0.155. The summed E-state index contributed by atoms with van der Waals surface area (Å²) in [4.78, 5) is 10.0. The first-order valence-electron chi connectivity index (χ1n) is 2.38. The molecule has 1 aliphatic heterocycles. The number of amides is 1. The van der Waals surface area contributed by atoms with Crippen molar-refractivity contribution in [1.82, 2.24) is 0 Å². The van der Waals surface area contributed by atoms with E-state index < -0.39 is 5.91 Å². The van der Waals surface area contributed by atoms with Crippen LogP contribution >= 0.6 is 0 Å². The molecule has 1 aliphatic rings. The number of epoxide rings is 1. The van der Waals surface area contributed by atoms with E-state index in [0.29, 0.717) is 0 Å². The van der Waals surface area contributed by atoms with Crippen molar-refractivity contribution in [3.63, 3.8) is 0 Å². The molecule has 3 heteroatoms. The fourth-order valence-corrected chi connectivity index (χ4v) is 0.369. The number of carbonyl (C=O) groups excluding carboxylic acids is 1. The lowest BCUT2D eigenvalue weighted by Gasteiger charge is -1.75. The van der Waals surface area contributed by atoms with Crippen molar-refractivity contribution in [2.45, 2.75) is 6.10 Å². The van der Waals surface area contributed by atoms with Gasteiger partial charge in [-0.2, -0.15) is 0 Å². The van der Waals surface area contributed by atoms with Gasteiger partial charge in [0.15, 0.2) is 0 Å². The van der Waals surface area contributed by atoms with Gasteiger partial charge in [0.05, 0.1) is 12.7 Å². The van der Waals surface area contributed by atoms with Crippen LogP contribution in [0.5, 0.6) is 0 Å². The highest BCUT2D eigenvalue weighted by Crippen LogP contribution is 2.08. The fraction of sp³-hybridized carbons (Fsp3) is 0.400. The number of nitrogens with two attached hydrogens (primary N) is 1. The Morgan fingerprint density at radius 1 is 1.88 bits per heavy atom. The van der Waals surface area contributed by atoms with E-state index in [9.17, 15) is 4.79 Å². The molecule has 0 aliphatic carbocycles. The highest BCUT2D eigenvalue weighted by molar-refractivity contribution is 5.85. The number of carbonyl (C=O) groups is 1. The smallest absolute Gasteiger partial charge is 0.241 e. The predicted octanol–water partition coefficient (Wildman–Crippen LogP) is -0.573. The Balaban J connectivity index is 2.23. The zero-order chi connectivity index (χ0) is 5.98. The van der Waals surface area contributed by atoms with Crippen molar-refractivity contribution in [2.75, 3.05) is 6.61 Å². The lowest BCUT2D eigenvalue weighted by Crippen LogP contribution is -2.05. The van der Waals surface area contributed by atoms with Crippen molar-refractivity contribution in [3.8, 4) is 0 Å². The second-order valence-electron chi connectivity index (χ2n) is 1.63. The summed E-state index contributed by atoms with van der Waals surface area (Å²) in [7, 11) is 0. The van der Waals surface area contributed by atoms with Crippen LogP contribution in [0.25, 0.3) is 0 Å². The van der Waals surface area contributed by atoms with Gasteiger partial charge in [-0.1, -0.05) is 0 Å². The third kappa shape index (κ3) is 1.75. The molecule has 1 atom stereocenters. The molecule has 0 aromatic rings. The van der Waals surface area contributed by atoms with Crippen LogP contribution in [0.15, 0.2) is 12.2 Å². The molecule has 1 amide bonds. The minimum atomic E-state index is -0.416. The Bertz CT molecular complexity index is 126. The van der Waals surface area contributed by atoms with Crippen molar-refractivity contribution in [1.29, 1.82) is 0 Å². The van der Waals surface area contributed by atoms with Gasteiger partial charge < -0.3 is 10.5 Å². The monoisotopic (exact) mass is 113 g/mol. The van der Waals surface area contributed by atoms with E-state index in [1.807, 2.05) is 0 Å². The van der Waals surface area contributed by atoms with E-state index >= 15 is 0 Å². The molecule has 2 N–H and O–H groups in total. The summed E-state index contributed by atoms with van der Waals surface area (Å²) in [5, 5.41) is 0. The maximum absolute atomic E-state index is 10.0. The number of hydrogen-bond acceptors (Lipinski definition) is 2. The summed E-state index contributed by atoms with van der Waals surface area (Å²) in [6.07, 6.45) is 3.13. The second-order valence-corrected chi connectivity index (χ2v) is 1.63. The van der Waals surface area contributed by atoms with Crippen molar-refractivity contribution >= 4 is 5.91 Å². The van der Waals surface area contributed by atoms with Gasteiger partial charge in [-0.15, -0.1) is 0 Å². The Kier molecular flexibility index (Phi) is 1.30. The molecule has 0 aromatic heterocycles. The van der Waals surface area contributed by atoms with Gasteiger partial charge in [0.1, 0.15) is 0 Å². The predicted molar refractivity (Wildman–Crippen MR) is 28.1 cm³/mol. The third-order valence-corrected chi connectivity index (χ3v) is 0.834. The van der Waals surface area contributed by atoms with E-state index in [2.05, 4.69) is 0 Å². The first kappa shape index (κ1) is 5.31. The third-order valence-electron chi connectivity index (χ3n) is 0.834. The molecule has 0 aromatic carbocycles. The molecule has 1 rings (SSSR count). The van der Waals surface area contributed by atoms with Crippen LogP contribution < -0.4 is 5.73 Å². The quantitative estimate of drug-likeness (QED) is 0.385. The summed E-state index contributed by atoms with van der Waals surface area (Å²) in [5.41, 5.74) is 4.79. The second kappa shape index (κ2) is 1.96. The standard InChI is InChI=1S/C5H7NO2/c6-5(7)2-1-4-3-8-4/h1-2,4H,3H2,(H2,6,7). The van der Waals surface area contributed by atoms with Crippen LogP contribution in [-0.2, 0) is 9.53 Å². The molecule has 1 fully saturated rings. The van der Waals surface area contributed by atoms with Crippen LogP contribution in [0.1, 0.15) is 0 Å². The first-order valence-corrected chi connectivity index (χ1v) is 2.38. The van der Waals surface area contributed by atoms with Crippen molar-refractivity contribution in [3.05, 3.63) is 12.2 Å². The molecule has 0 bridgehead atoms. The molecule has 1 saturated heterocycles. The normalized spacial score (nSPS) is 26.2. The van der Waals surface area contributed by atoms with Crippen LogP contribution in [0.4, 0.5) is 0 Å². The highest BCUT2D eigenvalue weighted by atomic mass is 16.6. The Labute approximate surface area is 47.1 Å². The summed E-state index contributed by atoms with van der Waals surface area (Å²) in [6.45, 7) is 0.726. The van der Waals surface area contributed by atoms with Crippen LogP contribution in [0.2, 0.25) is 0 Å². The summed E-state index contributed by atoms with van der Waals surface area (Å²) >= 11 is 0. The average molecular weight is 113 g/mol. The molecule has 0 saturated carbocycles. The molecule has 0 spiro atoms. The first-order chi connectivity index (χ1) is 3.79. The van der Waals surface area contributed by atoms with Crippen LogP contribution in [0.3, 0.4) is 0 Å². The zero-order valence-electron chi connectivity index (χ0n) is 4.33. The number of ether oxygens (including phenoxy) is 1. The zero-order valence-corrected chi connectivity index (χ0v) is 4.33. The molecular weight excluding hydrogens is 106 g/mol. The topological polar surface area (TPSA) is 55.6 Å². The van der Waals surface area contributed by atoms with Gasteiger partial charge in [0.25, 0.3) is 0 Å². The molecule has 1 unspecified atom stereocenters. The van der Waals surface area contributed by atoms with Gasteiger partial charge in [-0.05, 0) is 6.08 Å². The fourth-order valence-electron chi connectivity index (χ4n) is 0.369. The minimum Gasteiger partial charge on any atom is -0.369 e. The maximum Gasteiger partial charge on any atom is 0.241 e. The Morgan fingerprint density at radius 2 is 2.50 bits per heavy atom. The van der Waals surface area contributed by atoms with Gasteiger partial charge in [0.2, 0.25) is 5.91 Å². The Morgan fingerprint density at radius 3 is 2.88 bits per heavy atom. The largest absolute Gasteiger partial charge is 0.369 e. The van der Waals surface area contributed by atoms with E-state index in [4.69, 9.17) is 10.5 Å². The SMILES string of the molecule is NC(=O)C=CC1CO1. The Hall–Kier alpha value is -0.830. The van der Waals surface area contributed by atoms with Crippen molar-refractivity contribution < 1.29 is 9.53 Å². The molecular formula is C5H7NO2. The highest BCUT2D eigenvalue weighted by Gasteiger charge is 2.17. The van der Waals surface area contributed by atoms with Gasteiger partial charge in [-0.25, -0.2) is 0 Å². The molecule has 1 heterocycles. The number of rotatable bonds is 2. The van der Waals surface area contributed by atoms with Crippen molar-refractivity contribution in [2.24, 2.45) is 5.73 Å². The van der Waals surface area contributed by atoms with Gasteiger partial charge in [-0.3, -0.25) is 4.79 Å². The lowest BCUT2D eigenvalue weighted by molar-refractivity contribution is -0.113. The van der Waals surface area contributed by atoms with Crippen LogP contribution in [0, 0.1) is 0 Å². The van der Waals surface area contributed by atoms with Crippen LogP contribution in [-0.4, -0.2) is 18.6 Å². The summed E-state index contributed by atoms with van der Waals surface area (Å²) in [6, 6.07) is 0. The number of hydrogen-bond donors (Lipinski definition) is 1. The van der Waals surface area contributed by atoms with E-state index in [-0.39, 0.29) is 6.10 Å². The average Bonchev–Trinajstić information content (AvgIpc) is 2.41. The summed E-state index contributed by atoms with van der Waals surface area (Å²) in [5.74, 6) is -0.416. The maximum atomic E-state index is 10.0. The van der Waals surface area contributed by atoms with Gasteiger partial charge in [0, 0.05) is 6.08 Å². The molecule has 8 heavy (non-hydrogen) atoms.